The average Bonchev–Trinajstić information content (AvgIpc) is 2.62. The van der Waals surface area contributed by atoms with Gasteiger partial charge in [-0.2, -0.15) is 0 Å². The lowest BCUT2D eigenvalue weighted by Crippen LogP contribution is -2.08. The Morgan fingerprint density at radius 1 is 0.875 bits per heavy atom. The molecule has 0 unspecified atom stereocenters. The van der Waals surface area contributed by atoms with Crippen LogP contribution >= 0.6 is 0 Å². The quantitative estimate of drug-likeness (QED) is 0.730. The second kappa shape index (κ2) is 6.28. The molecule has 0 aliphatic carbocycles. The maximum Gasteiger partial charge on any atom is 0.204 e. The van der Waals surface area contributed by atoms with E-state index in [1.807, 2.05) is 25.1 Å². The molecule has 0 fully saturated rings. The van der Waals surface area contributed by atoms with Gasteiger partial charge >= 0.3 is 0 Å². The van der Waals surface area contributed by atoms with Gasteiger partial charge in [0.2, 0.25) is 5.43 Å². The van der Waals surface area contributed by atoms with Gasteiger partial charge in [-0.25, -0.2) is 0 Å². The van der Waals surface area contributed by atoms with Gasteiger partial charge in [-0.15, -0.1) is 0 Å². The first-order chi connectivity index (χ1) is 11.6. The normalized spacial score (nSPS) is 10.7. The zero-order chi connectivity index (χ0) is 17.3. The highest BCUT2D eigenvalue weighted by molar-refractivity contribution is 5.91. The Bertz CT molecular complexity index is 956. The van der Waals surface area contributed by atoms with Gasteiger partial charge in [0.05, 0.1) is 26.9 Å². The van der Waals surface area contributed by atoms with Crippen LogP contribution < -0.4 is 19.6 Å². The third kappa shape index (κ3) is 2.38. The molecular weight excluding hydrogens is 308 g/mol. The van der Waals surface area contributed by atoms with Crippen molar-refractivity contribution in [3.05, 3.63) is 52.4 Å². The molecule has 3 rings (SSSR count). The summed E-state index contributed by atoms with van der Waals surface area (Å²) in [5.41, 5.74) is 2.11. The fourth-order valence-electron chi connectivity index (χ4n) is 2.81. The van der Waals surface area contributed by atoms with Crippen LogP contribution in [0.25, 0.3) is 22.1 Å². The summed E-state index contributed by atoms with van der Waals surface area (Å²) in [7, 11) is 4.64. The summed E-state index contributed by atoms with van der Waals surface area (Å²) in [6, 6.07) is 9.01. The molecule has 0 saturated carbocycles. The molecule has 0 saturated heterocycles. The molecule has 0 radical (unpaired) electrons. The molecule has 1 heterocycles. The Hall–Kier alpha value is -2.95. The van der Waals surface area contributed by atoms with E-state index in [1.165, 1.54) is 13.4 Å². The van der Waals surface area contributed by atoms with Gasteiger partial charge in [-0.3, -0.25) is 4.79 Å². The first kappa shape index (κ1) is 15.9. The molecule has 0 N–H and O–H groups in total. The number of ether oxygens (including phenoxy) is 3. The van der Waals surface area contributed by atoms with Gasteiger partial charge in [-0.1, -0.05) is 18.2 Å². The van der Waals surface area contributed by atoms with Gasteiger partial charge in [0.1, 0.15) is 34.5 Å². The Kier molecular flexibility index (Phi) is 4.16. The lowest BCUT2D eigenvalue weighted by atomic mass is 10.0. The molecule has 0 amide bonds. The van der Waals surface area contributed by atoms with E-state index in [4.69, 9.17) is 18.6 Å². The molecule has 5 heteroatoms. The molecule has 0 spiro atoms. The highest BCUT2D eigenvalue weighted by Gasteiger charge is 2.19. The minimum Gasteiger partial charge on any atom is -0.496 e. The monoisotopic (exact) mass is 326 g/mol. The number of methoxy groups -OCH3 is 3. The summed E-state index contributed by atoms with van der Waals surface area (Å²) in [6.45, 7) is 1.84. The maximum atomic E-state index is 13.1. The van der Waals surface area contributed by atoms with E-state index in [1.54, 1.807) is 26.4 Å². The average molecular weight is 326 g/mol. The van der Waals surface area contributed by atoms with E-state index in [2.05, 4.69) is 0 Å². The molecule has 0 aliphatic rings. The summed E-state index contributed by atoms with van der Waals surface area (Å²) >= 11 is 0. The second-order valence-electron chi connectivity index (χ2n) is 5.29. The van der Waals surface area contributed by atoms with Crippen LogP contribution in [-0.2, 0) is 0 Å². The molecule has 0 bridgehead atoms. The summed E-state index contributed by atoms with van der Waals surface area (Å²) in [4.78, 5) is 13.1. The summed E-state index contributed by atoms with van der Waals surface area (Å²) < 4.78 is 21.8. The van der Waals surface area contributed by atoms with Crippen LogP contribution in [0.1, 0.15) is 5.56 Å². The number of hydrogen-bond acceptors (Lipinski definition) is 5. The van der Waals surface area contributed by atoms with Crippen molar-refractivity contribution in [2.45, 2.75) is 6.92 Å². The van der Waals surface area contributed by atoms with E-state index >= 15 is 0 Å². The van der Waals surface area contributed by atoms with Crippen molar-refractivity contribution in [1.29, 1.82) is 0 Å². The Morgan fingerprint density at radius 3 is 2.21 bits per heavy atom. The topological polar surface area (TPSA) is 57.9 Å². The Labute approximate surface area is 139 Å². The number of benzene rings is 2. The van der Waals surface area contributed by atoms with Crippen LogP contribution in [0, 0.1) is 6.92 Å². The van der Waals surface area contributed by atoms with Crippen molar-refractivity contribution in [2.24, 2.45) is 0 Å². The smallest absolute Gasteiger partial charge is 0.204 e. The molecule has 0 atom stereocenters. The number of aryl methyl sites for hydroxylation is 1. The van der Waals surface area contributed by atoms with E-state index in [0.29, 0.717) is 39.3 Å². The van der Waals surface area contributed by atoms with Crippen molar-refractivity contribution >= 4 is 11.0 Å². The summed E-state index contributed by atoms with van der Waals surface area (Å²) in [5.74, 6) is 1.62. The number of rotatable bonds is 4. The fraction of sp³-hybridized carbons (Fsp3) is 0.211. The van der Waals surface area contributed by atoms with E-state index < -0.39 is 0 Å². The number of fused-ring (bicyclic) bond motifs is 1. The van der Waals surface area contributed by atoms with Gasteiger partial charge < -0.3 is 18.6 Å². The third-order valence-corrected chi connectivity index (χ3v) is 4.05. The van der Waals surface area contributed by atoms with Crippen LogP contribution in [0.3, 0.4) is 0 Å². The van der Waals surface area contributed by atoms with E-state index in [0.717, 1.165) is 5.56 Å². The van der Waals surface area contributed by atoms with Crippen molar-refractivity contribution in [3.63, 3.8) is 0 Å². The number of hydrogen-bond donors (Lipinski definition) is 0. The van der Waals surface area contributed by atoms with Crippen molar-refractivity contribution in [2.75, 3.05) is 21.3 Å². The predicted octanol–water partition coefficient (Wildman–Crippen LogP) is 3.79. The third-order valence-electron chi connectivity index (χ3n) is 4.05. The summed E-state index contributed by atoms with van der Waals surface area (Å²) in [6.07, 6.45) is 1.45. The molecule has 2 aromatic carbocycles. The van der Waals surface area contributed by atoms with Gasteiger partial charge in [0.25, 0.3) is 0 Å². The van der Waals surface area contributed by atoms with E-state index in [-0.39, 0.29) is 5.43 Å². The molecule has 5 nitrogen and oxygen atoms in total. The minimum atomic E-state index is -0.177. The van der Waals surface area contributed by atoms with Crippen molar-refractivity contribution in [3.8, 4) is 28.4 Å². The SMILES string of the molecule is COc1ccccc1-c1coc2c(C)c(OC)cc(OC)c2c1=O. The van der Waals surface area contributed by atoms with Gasteiger partial charge in [0, 0.05) is 17.2 Å². The van der Waals surface area contributed by atoms with E-state index in [9.17, 15) is 4.79 Å². The molecule has 3 aromatic rings. The van der Waals surface area contributed by atoms with Crippen molar-refractivity contribution < 1.29 is 18.6 Å². The van der Waals surface area contributed by atoms with Crippen LogP contribution in [0.15, 0.2) is 45.8 Å². The second-order valence-corrected chi connectivity index (χ2v) is 5.29. The standard InChI is InChI=1S/C19H18O5/c1-11-15(22-3)9-16(23-4)17-18(20)13(10-24-19(11)17)12-7-5-6-8-14(12)21-2/h5-10H,1-4H3. The van der Waals surface area contributed by atoms with Crippen LogP contribution in [0.4, 0.5) is 0 Å². The highest BCUT2D eigenvalue weighted by atomic mass is 16.5. The largest absolute Gasteiger partial charge is 0.496 e. The first-order valence-corrected chi connectivity index (χ1v) is 7.42. The molecule has 24 heavy (non-hydrogen) atoms. The Morgan fingerprint density at radius 2 is 1.54 bits per heavy atom. The predicted molar refractivity (Wildman–Crippen MR) is 92.3 cm³/mol. The van der Waals surface area contributed by atoms with Crippen LogP contribution in [0.2, 0.25) is 0 Å². The maximum absolute atomic E-state index is 13.1. The lowest BCUT2D eigenvalue weighted by Gasteiger charge is -2.13. The fourth-order valence-corrected chi connectivity index (χ4v) is 2.81. The molecular formula is C19H18O5. The van der Waals surface area contributed by atoms with Crippen molar-refractivity contribution in [1.82, 2.24) is 0 Å². The molecule has 124 valence electrons. The van der Waals surface area contributed by atoms with Crippen LogP contribution in [0.5, 0.6) is 17.2 Å². The highest BCUT2D eigenvalue weighted by Crippen LogP contribution is 2.36. The minimum absolute atomic E-state index is 0.177. The molecule has 0 aliphatic heterocycles. The van der Waals surface area contributed by atoms with Gasteiger partial charge in [0.15, 0.2) is 0 Å². The Balaban J connectivity index is 2.39. The zero-order valence-corrected chi connectivity index (χ0v) is 14.0. The van der Waals surface area contributed by atoms with Gasteiger partial charge in [-0.05, 0) is 13.0 Å². The molecule has 1 aromatic heterocycles. The number of para-hydroxylation sites is 1. The summed E-state index contributed by atoms with van der Waals surface area (Å²) in [5, 5.41) is 0.388. The lowest BCUT2D eigenvalue weighted by molar-refractivity contribution is 0.394. The first-order valence-electron chi connectivity index (χ1n) is 7.42. The zero-order valence-electron chi connectivity index (χ0n) is 14.0. The van der Waals surface area contributed by atoms with Crippen LogP contribution in [-0.4, -0.2) is 21.3 Å².